The van der Waals surface area contributed by atoms with Gasteiger partial charge in [0.25, 0.3) is 0 Å². The van der Waals surface area contributed by atoms with Crippen molar-refractivity contribution in [2.24, 2.45) is 0 Å². The summed E-state index contributed by atoms with van der Waals surface area (Å²) in [5.41, 5.74) is 1.06. The molecule has 0 radical (unpaired) electrons. The Morgan fingerprint density at radius 3 is 2.71 bits per heavy atom. The standard InChI is InChI=1S/C12H17N3O2/c1-15(8-12(16)17-2)11-7-6-10(13-14-11)9-4-3-5-9/h6-7,9H,3-5,8H2,1-2H3. The van der Waals surface area contributed by atoms with Crippen molar-refractivity contribution < 1.29 is 9.53 Å². The molecular weight excluding hydrogens is 218 g/mol. The lowest BCUT2D eigenvalue weighted by atomic mass is 9.83. The molecule has 92 valence electrons. The van der Waals surface area contributed by atoms with Gasteiger partial charge in [-0.25, -0.2) is 0 Å². The van der Waals surface area contributed by atoms with E-state index in [2.05, 4.69) is 14.9 Å². The number of aromatic nitrogens is 2. The average molecular weight is 235 g/mol. The molecule has 0 aliphatic heterocycles. The van der Waals surface area contributed by atoms with Gasteiger partial charge in [-0.15, -0.1) is 5.10 Å². The maximum atomic E-state index is 11.1. The number of methoxy groups -OCH3 is 1. The topological polar surface area (TPSA) is 55.3 Å². The van der Waals surface area contributed by atoms with Crippen LogP contribution in [0.3, 0.4) is 0 Å². The lowest BCUT2D eigenvalue weighted by molar-refractivity contribution is -0.138. The van der Waals surface area contributed by atoms with Crippen LogP contribution in [-0.2, 0) is 9.53 Å². The summed E-state index contributed by atoms with van der Waals surface area (Å²) in [6.45, 7) is 0.188. The van der Waals surface area contributed by atoms with Crippen LogP contribution < -0.4 is 4.90 Å². The number of esters is 1. The SMILES string of the molecule is COC(=O)CN(C)c1ccc(C2CCC2)nn1. The van der Waals surface area contributed by atoms with E-state index in [1.54, 1.807) is 11.9 Å². The lowest BCUT2D eigenvalue weighted by Crippen LogP contribution is -2.27. The molecule has 0 atom stereocenters. The van der Waals surface area contributed by atoms with E-state index in [1.165, 1.54) is 26.4 Å². The predicted octanol–water partition coefficient (Wildman–Crippen LogP) is 1.35. The zero-order chi connectivity index (χ0) is 12.3. The summed E-state index contributed by atoms with van der Waals surface area (Å²) < 4.78 is 4.60. The van der Waals surface area contributed by atoms with Crippen LogP contribution in [-0.4, -0.2) is 36.9 Å². The van der Waals surface area contributed by atoms with Crippen molar-refractivity contribution >= 4 is 11.8 Å². The molecule has 17 heavy (non-hydrogen) atoms. The average Bonchev–Trinajstić information content (AvgIpc) is 2.27. The van der Waals surface area contributed by atoms with Crippen molar-refractivity contribution in [2.75, 3.05) is 25.6 Å². The minimum absolute atomic E-state index is 0.188. The summed E-state index contributed by atoms with van der Waals surface area (Å²) in [5, 5.41) is 8.35. The molecule has 5 nitrogen and oxygen atoms in total. The molecule has 1 fully saturated rings. The molecule has 0 aromatic carbocycles. The van der Waals surface area contributed by atoms with Crippen molar-refractivity contribution in [3.8, 4) is 0 Å². The second-order valence-corrected chi connectivity index (χ2v) is 4.38. The van der Waals surface area contributed by atoms with Gasteiger partial charge in [0.2, 0.25) is 0 Å². The summed E-state index contributed by atoms with van der Waals surface area (Å²) in [6.07, 6.45) is 3.72. The third-order valence-electron chi connectivity index (χ3n) is 3.18. The van der Waals surface area contributed by atoms with Crippen molar-refractivity contribution in [2.45, 2.75) is 25.2 Å². The molecule has 1 aliphatic carbocycles. The minimum Gasteiger partial charge on any atom is -0.468 e. The van der Waals surface area contributed by atoms with Crippen molar-refractivity contribution in [1.29, 1.82) is 0 Å². The van der Waals surface area contributed by atoms with Crippen molar-refractivity contribution in [3.63, 3.8) is 0 Å². The first-order chi connectivity index (χ1) is 8.20. The summed E-state index contributed by atoms with van der Waals surface area (Å²) in [5.74, 6) is 0.998. The van der Waals surface area contributed by atoms with Gasteiger partial charge >= 0.3 is 5.97 Å². The number of likely N-dealkylation sites (N-methyl/N-ethyl adjacent to an activating group) is 1. The van der Waals surface area contributed by atoms with E-state index >= 15 is 0 Å². The van der Waals surface area contributed by atoms with E-state index in [4.69, 9.17) is 0 Å². The summed E-state index contributed by atoms with van der Waals surface area (Å²) in [7, 11) is 3.17. The highest BCUT2D eigenvalue weighted by atomic mass is 16.5. The third kappa shape index (κ3) is 2.72. The molecule has 0 bridgehead atoms. The second-order valence-electron chi connectivity index (χ2n) is 4.38. The Balaban J connectivity index is 1.98. The molecule has 1 aliphatic rings. The molecule has 0 amide bonds. The van der Waals surface area contributed by atoms with Gasteiger partial charge in [0.1, 0.15) is 6.54 Å². The van der Waals surface area contributed by atoms with Crippen molar-refractivity contribution in [3.05, 3.63) is 17.8 Å². The third-order valence-corrected chi connectivity index (χ3v) is 3.18. The molecule has 0 saturated heterocycles. The zero-order valence-electron chi connectivity index (χ0n) is 10.2. The normalized spacial score (nSPS) is 15.2. The molecule has 2 rings (SSSR count). The number of carbonyl (C=O) groups excluding carboxylic acids is 1. The molecule has 0 unspecified atom stereocenters. The largest absolute Gasteiger partial charge is 0.468 e. The Bertz CT molecular complexity index is 387. The van der Waals surface area contributed by atoms with Gasteiger partial charge in [0, 0.05) is 13.0 Å². The predicted molar refractivity (Wildman–Crippen MR) is 63.9 cm³/mol. The van der Waals surface area contributed by atoms with Gasteiger partial charge in [0.05, 0.1) is 12.8 Å². The molecule has 5 heteroatoms. The fraction of sp³-hybridized carbons (Fsp3) is 0.583. The maximum absolute atomic E-state index is 11.1. The summed E-state index contributed by atoms with van der Waals surface area (Å²) in [6, 6.07) is 3.91. The van der Waals surface area contributed by atoms with Gasteiger partial charge < -0.3 is 9.64 Å². The maximum Gasteiger partial charge on any atom is 0.325 e. The highest BCUT2D eigenvalue weighted by Gasteiger charge is 2.21. The smallest absolute Gasteiger partial charge is 0.325 e. The highest BCUT2D eigenvalue weighted by molar-refractivity contribution is 5.74. The Morgan fingerprint density at radius 1 is 1.47 bits per heavy atom. The minimum atomic E-state index is -0.280. The van der Waals surface area contributed by atoms with E-state index in [0.717, 1.165) is 5.69 Å². The number of carbonyl (C=O) groups is 1. The van der Waals surface area contributed by atoms with Crippen LogP contribution in [0.2, 0.25) is 0 Å². The second kappa shape index (κ2) is 5.12. The van der Waals surface area contributed by atoms with Crippen LogP contribution in [0, 0.1) is 0 Å². The van der Waals surface area contributed by atoms with Crippen molar-refractivity contribution in [1.82, 2.24) is 10.2 Å². The number of hydrogen-bond acceptors (Lipinski definition) is 5. The molecule has 0 spiro atoms. The Hall–Kier alpha value is -1.65. The van der Waals surface area contributed by atoms with E-state index in [-0.39, 0.29) is 12.5 Å². The zero-order valence-corrected chi connectivity index (χ0v) is 10.2. The van der Waals surface area contributed by atoms with Crippen LogP contribution in [0.5, 0.6) is 0 Å². The molecule has 1 saturated carbocycles. The highest BCUT2D eigenvalue weighted by Crippen LogP contribution is 2.34. The molecule has 0 N–H and O–H groups in total. The van der Waals surface area contributed by atoms with Gasteiger partial charge in [-0.1, -0.05) is 6.42 Å². The first-order valence-corrected chi connectivity index (χ1v) is 5.82. The van der Waals surface area contributed by atoms with E-state index < -0.39 is 0 Å². The Morgan fingerprint density at radius 2 is 2.24 bits per heavy atom. The molecule has 1 aromatic rings. The first kappa shape index (κ1) is 11.8. The fourth-order valence-electron chi connectivity index (χ4n) is 1.80. The van der Waals surface area contributed by atoms with Gasteiger partial charge in [-0.05, 0) is 25.0 Å². The lowest BCUT2D eigenvalue weighted by Gasteiger charge is -2.24. The quantitative estimate of drug-likeness (QED) is 0.737. The van der Waals surface area contributed by atoms with Crippen LogP contribution in [0.25, 0.3) is 0 Å². The Labute approximate surface area is 101 Å². The first-order valence-electron chi connectivity index (χ1n) is 5.82. The van der Waals surface area contributed by atoms with Gasteiger partial charge in [-0.3, -0.25) is 4.79 Å². The summed E-state index contributed by atoms with van der Waals surface area (Å²) in [4.78, 5) is 12.8. The number of hydrogen-bond donors (Lipinski definition) is 0. The van der Waals surface area contributed by atoms with Crippen LogP contribution in [0.1, 0.15) is 30.9 Å². The number of anilines is 1. The van der Waals surface area contributed by atoms with E-state index in [9.17, 15) is 4.79 Å². The Kier molecular flexibility index (Phi) is 3.56. The number of nitrogens with zero attached hydrogens (tertiary/aromatic N) is 3. The van der Waals surface area contributed by atoms with E-state index in [0.29, 0.717) is 11.7 Å². The van der Waals surface area contributed by atoms with Crippen LogP contribution in [0.15, 0.2) is 12.1 Å². The monoisotopic (exact) mass is 235 g/mol. The number of rotatable bonds is 4. The molecular formula is C12H17N3O2. The van der Waals surface area contributed by atoms with Crippen LogP contribution >= 0.6 is 0 Å². The van der Waals surface area contributed by atoms with E-state index in [1.807, 2.05) is 12.1 Å². The molecule has 1 heterocycles. The fourth-order valence-corrected chi connectivity index (χ4v) is 1.80. The van der Waals surface area contributed by atoms with Gasteiger partial charge in [0.15, 0.2) is 5.82 Å². The van der Waals surface area contributed by atoms with Gasteiger partial charge in [-0.2, -0.15) is 5.10 Å². The molecule has 1 aromatic heterocycles. The van der Waals surface area contributed by atoms with Crippen LogP contribution in [0.4, 0.5) is 5.82 Å². The summed E-state index contributed by atoms with van der Waals surface area (Å²) >= 11 is 0. The number of ether oxygens (including phenoxy) is 1.